The third kappa shape index (κ3) is 4.50. The highest BCUT2D eigenvalue weighted by atomic mass is 16.1. The van der Waals surface area contributed by atoms with Crippen LogP contribution in [0.1, 0.15) is 136 Å². The molecule has 0 atom stereocenters. The molecule has 0 aliphatic heterocycles. The third-order valence-electron chi connectivity index (χ3n) is 10.2. The zero-order chi connectivity index (χ0) is 20.3. The molecule has 0 saturated heterocycles. The monoisotopic (exact) mass is 400 g/mol. The Hall–Kier alpha value is -0.330. The van der Waals surface area contributed by atoms with Crippen molar-refractivity contribution in [2.45, 2.75) is 136 Å². The minimum Gasteiger partial charge on any atom is -0.298 e. The molecule has 29 heavy (non-hydrogen) atoms. The summed E-state index contributed by atoms with van der Waals surface area (Å²) >= 11 is 0. The lowest BCUT2D eigenvalue weighted by Crippen LogP contribution is -2.59. The van der Waals surface area contributed by atoms with Crippen molar-refractivity contribution in [3.05, 3.63) is 0 Å². The van der Waals surface area contributed by atoms with Crippen LogP contribution in [-0.2, 0) is 4.79 Å². The highest BCUT2D eigenvalue weighted by Crippen LogP contribution is 2.64. The quantitative estimate of drug-likeness (QED) is 0.391. The van der Waals surface area contributed by atoms with Gasteiger partial charge in [0.15, 0.2) is 0 Å². The Morgan fingerprint density at radius 1 is 0.655 bits per heavy atom. The fraction of sp³-hybridized carbons (Fsp3) is 0.964. The van der Waals surface area contributed by atoms with E-state index in [2.05, 4.69) is 13.8 Å². The molecular weight excluding hydrogens is 352 g/mol. The van der Waals surface area contributed by atoms with E-state index >= 15 is 0 Å². The van der Waals surface area contributed by atoms with Crippen molar-refractivity contribution in [2.24, 2.45) is 34.5 Å². The molecule has 1 heteroatoms. The van der Waals surface area contributed by atoms with Crippen molar-refractivity contribution >= 4 is 5.78 Å². The molecule has 4 fully saturated rings. The molecule has 166 valence electrons. The molecule has 0 heterocycles. The van der Waals surface area contributed by atoms with E-state index in [9.17, 15) is 4.79 Å². The van der Waals surface area contributed by atoms with Gasteiger partial charge in [0.05, 0.1) is 0 Å². The average molecular weight is 401 g/mol. The van der Waals surface area contributed by atoms with Crippen LogP contribution in [0.3, 0.4) is 0 Å². The lowest BCUT2D eigenvalue weighted by molar-refractivity contribution is -0.169. The van der Waals surface area contributed by atoms with Gasteiger partial charge in [0.1, 0.15) is 5.78 Å². The lowest BCUT2D eigenvalue weighted by Gasteiger charge is -2.59. The minimum absolute atomic E-state index is 0.144. The van der Waals surface area contributed by atoms with Gasteiger partial charge < -0.3 is 0 Å². The summed E-state index contributed by atoms with van der Waals surface area (Å²) in [7, 11) is 0. The summed E-state index contributed by atoms with van der Waals surface area (Å²) in [4.78, 5) is 13.5. The van der Waals surface area contributed by atoms with Crippen LogP contribution in [0, 0.1) is 34.5 Å². The second-order valence-corrected chi connectivity index (χ2v) is 11.9. The number of unbranched alkanes of at least 4 members (excludes halogenated alkanes) is 2. The third-order valence-corrected chi connectivity index (χ3v) is 10.2. The second-order valence-electron chi connectivity index (χ2n) is 11.9. The second kappa shape index (κ2) is 9.44. The SMILES string of the molecule is CCCCCC1CC[C@]2(CC1)C[C@@]1(CC[C@H](C3CCC(CCC)CC3)CC1)C2=O. The molecule has 0 N–H and O–H groups in total. The van der Waals surface area contributed by atoms with Gasteiger partial charge in [0, 0.05) is 10.8 Å². The topological polar surface area (TPSA) is 17.1 Å². The van der Waals surface area contributed by atoms with E-state index in [0.717, 1.165) is 29.5 Å². The van der Waals surface area contributed by atoms with Crippen molar-refractivity contribution in [3.8, 4) is 0 Å². The van der Waals surface area contributed by atoms with Gasteiger partial charge >= 0.3 is 0 Å². The molecule has 0 radical (unpaired) electrons. The minimum atomic E-state index is 0.144. The maximum absolute atomic E-state index is 13.5. The summed E-state index contributed by atoms with van der Waals surface area (Å²) in [6.45, 7) is 4.64. The molecule has 4 aliphatic carbocycles. The Kier molecular flexibility index (Phi) is 7.12. The molecule has 0 aromatic carbocycles. The highest BCUT2D eigenvalue weighted by molar-refractivity contribution is 5.96. The Balaban J connectivity index is 1.21. The molecule has 2 spiro atoms. The summed E-state index contributed by atoms with van der Waals surface area (Å²) in [5, 5.41) is 0. The van der Waals surface area contributed by atoms with Crippen LogP contribution in [0.2, 0.25) is 0 Å². The molecule has 4 rings (SSSR count). The molecule has 0 unspecified atom stereocenters. The van der Waals surface area contributed by atoms with Crippen molar-refractivity contribution in [2.75, 3.05) is 0 Å². The van der Waals surface area contributed by atoms with Crippen LogP contribution in [0.25, 0.3) is 0 Å². The van der Waals surface area contributed by atoms with E-state index in [1.165, 1.54) is 122 Å². The number of carbonyl (C=O) groups is 1. The van der Waals surface area contributed by atoms with Crippen molar-refractivity contribution in [1.29, 1.82) is 0 Å². The van der Waals surface area contributed by atoms with Gasteiger partial charge in [0.25, 0.3) is 0 Å². The van der Waals surface area contributed by atoms with Crippen LogP contribution >= 0.6 is 0 Å². The zero-order valence-electron chi connectivity index (χ0n) is 19.7. The van der Waals surface area contributed by atoms with Crippen LogP contribution < -0.4 is 0 Å². The van der Waals surface area contributed by atoms with Gasteiger partial charge in [0.2, 0.25) is 0 Å². The molecule has 0 amide bonds. The first kappa shape index (κ1) is 21.9. The van der Waals surface area contributed by atoms with Crippen LogP contribution in [0.4, 0.5) is 0 Å². The molecule has 0 bridgehead atoms. The van der Waals surface area contributed by atoms with Gasteiger partial charge in [-0.1, -0.05) is 65.2 Å². The summed E-state index contributed by atoms with van der Waals surface area (Å²) in [6, 6.07) is 0. The number of hydrogen-bond acceptors (Lipinski definition) is 1. The van der Waals surface area contributed by atoms with Crippen molar-refractivity contribution < 1.29 is 4.79 Å². The molecular formula is C28H48O. The first-order chi connectivity index (χ1) is 14.1. The van der Waals surface area contributed by atoms with Crippen molar-refractivity contribution in [3.63, 3.8) is 0 Å². The fourth-order valence-corrected chi connectivity index (χ4v) is 8.29. The van der Waals surface area contributed by atoms with E-state index in [1.807, 2.05) is 0 Å². The largest absolute Gasteiger partial charge is 0.298 e. The van der Waals surface area contributed by atoms with Crippen LogP contribution in [-0.4, -0.2) is 5.78 Å². The molecule has 0 aromatic heterocycles. The first-order valence-electron chi connectivity index (χ1n) is 13.7. The average Bonchev–Trinajstić information content (AvgIpc) is 2.76. The normalized spacial score (nSPS) is 42.9. The number of hydrogen-bond donors (Lipinski definition) is 0. The van der Waals surface area contributed by atoms with Gasteiger partial charge in [-0.05, 0) is 94.3 Å². The fourth-order valence-electron chi connectivity index (χ4n) is 8.29. The predicted molar refractivity (Wildman–Crippen MR) is 123 cm³/mol. The molecule has 4 aliphatic rings. The van der Waals surface area contributed by atoms with Gasteiger partial charge in [-0.15, -0.1) is 0 Å². The van der Waals surface area contributed by atoms with E-state index in [4.69, 9.17) is 0 Å². The van der Waals surface area contributed by atoms with Gasteiger partial charge in [-0.25, -0.2) is 0 Å². The van der Waals surface area contributed by atoms with Crippen LogP contribution in [0.15, 0.2) is 0 Å². The first-order valence-corrected chi connectivity index (χ1v) is 13.7. The highest BCUT2D eigenvalue weighted by Gasteiger charge is 2.63. The Morgan fingerprint density at radius 2 is 1.21 bits per heavy atom. The smallest absolute Gasteiger partial charge is 0.145 e. The Labute approximate surface area is 181 Å². The maximum Gasteiger partial charge on any atom is 0.145 e. The van der Waals surface area contributed by atoms with Gasteiger partial charge in [-0.2, -0.15) is 0 Å². The van der Waals surface area contributed by atoms with Gasteiger partial charge in [-0.3, -0.25) is 4.79 Å². The Bertz CT molecular complexity index is 525. The maximum atomic E-state index is 13.5. The van der Waals surface area contributed by atoms with E-state index in [0.29, 0.717) is 0 Å². The number of Topliss-reactive ketones (excluding diaryl/α,β-unsaturated/α-hetero) is 1. The van der Waals surface area contributed by atoms with E-state index in [-0.39, 0.29) is 10.8 Å². The lowest BCUT2D eigenvalue weighted by atomic mass is 9.42. The number of rotatable bonds is 7. The van der Waals surface area contributed by atoms with E-state index < -0.39 is 0 Å². The Morgan fingerprint density at radius 3 is 1.76 bits per heavy atom. The number of ketones is 1. The van der Waals surface area contributed by atoms with Crippen molar-refractivity contribution in [1.82, 2.24) is 0 Å². The zero-order valence-corrected chi connectivity index (χ0v) is 19.7. The predicted octanol–water partition coefficient (Wildman–Crippen LogP) is 8.50. The summed E-state index contributed by atoms with van der Waals surface area (Å²) in [6.07, 6.45) is 26.0. The summed E-state index contributed by atoms with van der Waals surface area (Å²) in [5.41, 5.74) is 0.289. The molecule has 4 saturated carbocycles. The standard InChI is InChI=1S/C28H48O/c1-3-5-6-8-23-13-17-27(18-14-23)21-28(26(27)29)19-15-25(16-20-28)24-11-9-22(7-4-2)10-12-24/h22-25H,3-21H2,1-2H3/t22?,23?,24?,25-,27-,28-. The molecule has 1 nitrogen and oxygen atoms in total. The van der Waals surface area contributed by atoms with Crippen LogP contribution in [0.5, 0.6) is 0 Å². The summed E-state index contributed by atoms with van der Waals surface area (Å²) < 4.78 is 0. The number of carbonyl (C=O) groups excluding carboxylic acids is 1. The summed E-state index contributed by atoms with van der Waals surface area (Å²) in [5.74, 6) is 4.62. The van der Waals surface area contributed by atoms with E-state index in [1.54, 1.807) is 0 Å². The molecule has 0 aromatic rings.